The predicted octanol–water partition coefficient (Wildman–Crippen LogP) is 5.39. The molecule has 4 rings (SSSR count). The summed E-state index contributed by atoms with van der Waals surface area (Å²) in [6.45, 7) is 3.86. The van der Waals surface area contributed by atoms with Crippen molar-refractivity contribution in [2.75, 3.05) is 13.7 Å². The number of benzene rings is 4. The van der Waals surface area contributed by atoms with Gasteiger partial charge in [0, 0.05) is 24.4 Å². The summed E-state index contributed by atoms with van der Waals surface area (Å²) >= 11 is 0. The molecule has 0 spiro atoms. The number of ether oxygens (including phenoxy) is 2. The Hall–Kier alpha value is -4.32. The first-order valence-corrected chi connectivity index (χ1v) is 12.8. The Morgan fingerprint density at radius 3 is 2.29 bits per heavy atom. The van der Waals surface area contributed by atoms with Crippen LogP contribution < -0.4 is 14.8 Å². The molecular formula is C32H34N2O4. The molecule has 6 nitrogen and oxygen atoms in total. The van der Waals surface area contributed by atoms with Crippen LogP contribution in [0.1, 0.15) is 25.0 Å². The van der Waals surface area contributed by atoms with Gasteiger partial charge in [-0.05, 0) is 48.6 Å². The summed E-state index contributed by atoms with van der Waals surface area (Å²) < 4.78 is 11.5. The average Bonchev–Trinajstić information content (AvgIpc) is 2.93. The lowest BCUT2D eigenvalue weighted by atomic mass is 10.0. The second-order valence-electron chi connectivity index (χ2n) is 9.51. The number of nitrogens with one attached hydrogen (secondary N) is 1. The Morgan fingerprint density at radius 1 is 0.842 bits per heavy atom. The van der Waals surface area contributed by atoms with Gasteiger partial charge in [-0.1, -0.05) is 78.9 Å². The highest BCUT2D eigenvalue weighted by molar-refractivity contribution is 5.90. The lowest BCUT2D eigenvalue weighted by Gasteiger charge is -2.32. The number of methoxy groups -OCH3 is 1. The standard InChI is InChI=1S/C32H34N2O4/c1-23(2)33-32(36)29(20-24-11-5-4-6-12-24)34(21-25-13-9-16-27(19-25)37-3)31(35)22-38-30-18-10-15-26-14-7-8-17-28(26)30/h4-19,23,29H,20-22H2,1-3H3,(H,33,36)/t29-/m0/s1. The summed E-state index contributed by atoms with van der Waals surface area (Å²) in [6.07, 6.45) is 0.378. The highest BCUT2D eigenvalue weighted by atomic mass is 16.5. The number of carbonyl (C=O) groups excluding carboxylic acids is 2. The number of hydrogen-bond donors (Lipinski definition) is 1. The molecule has 0 aromatic heterocycles. The van der Waals surface area contributed by atoms with E-state index in [1.165, 1.54) is 0 Å². The predicted molar refractivity (Wildman–Crippen MR) is 150 cm³/mol. The van der Waals surface area contributed by atoms with Gasteiger partial charge in [0.2, 0.25) is 5.91 Å². The van der Waals surface area contributed by atoms with Gasteiger partial charge in [0.15, 0.2) is 6.61 Å². The summed E-state index contributed by atoms with van der Waals surface area (Å²) in [7, 11) is 1.61. The van der Waals surface area contributed by atoms with Gasteiger partial charge >= 0.3 is 0 Å². The van der Waals surface area contributed by atoms with Crippen LogP contribution >= 0.6 is 0 Å². The van der Waals surface area contributed by atoms with Gasteiger partial charge < -0.3 is 19.7 Å². The molecule has 0 bridgehead atoms. The molecule has 0 radical (unpaired) electrons. The van der Waals surface area contributed by atoms with Crippen LogP contribution in [0.3, 0.4) is 0 Å². The second-order valence-corrected chi connectivity index (χ2v) is 9.51. The largest absolute Gasteiger partial charge is 0.497 e. The summed E-state index contributed by atoms with van der Waals surface area (Å²) in [5.41, 5.74) is 1.83. The molecule has 2 amide bonds. The number of rotatable bonds is 11. The van der Waals surface area contributed by atoms with Crippen molar-refractivity contribution in [3.8, 4) is 11.5 Å². The van der Waals surface area contributed by atoms with Gasteiger partial charge in [0.05, 0.1) is 7.11 Å². The number of carbonyl (C=O) groups is 2. The maximum atomic E-state index is 13.8. The first kappa shape index (κ1) is 26.7. The van der Waals surface area contributed by atoms with Crippen molar-refractivity contribution in [1.82, 2.24) is 10.2 Å². The van der Waals surface area contributed by atoms with Crippen LogP contribution in [0.5, 0.6) is 11.5 Å². The maximum absolute atomic E-state index is 13.8. The topological polar surface area (TPSA) is 67.9 Å². The molecule has 4 aromatic rings. The molecule has 38 heavy (non-hydrogen) atoms. The van der Waals surface area contributed by atoms with Crippen LogP contribution in [0.2, 0.25) is 0 Å². The molecule has 0 aliphatic heterocycles. The van der Waals surface area contributed by atoms with Crippen LogP contribution in [0.15, 0.2) is 97.1 Å². The molecule has 4 aromatic carbocycles. The molecule has 0 saturated heterocycles. The van der Waals surface area contributed by atoms with Crippen molar-refractivity contribution in [2.24, 2.45) is 0 Å². The summed E-state index contributed by atoms with van der Waals surface area (Å²) in [6, 6.07) is 30.1. The Bertz CT molecular complexity index is 1370. The van der Waals surface area contributed by atoms with E-state index >= 15 is 0 Å². The van der Waals surface area contributed by atoms with Gasteiger partial charge in [-0.25, -0.2) is 0 Å². The first-order chi connectivity index (χ1) is 18.4. The minimum atomic E-state index is -0.727. The van der Waals surface area contributed by atoms with Crippen molar-refractivity contribution in [3.63, 3.8) is 0 Å². The third-order valence-corrected chi connectivity index (χ3v) is 6.29. The molecule has 196 valence electrons. The number of nitrogens with zero attached hydrogens (tertiary/aromatic N) is 1. The maximum Gasteiger partial charge on any atom is 0.261 e. The normalized spacial score (nSPS) is 11.7. The third kappa shape index (κ3) is 6.91. The van der Waals surface area contributed by atoms with E-state index in [9.17, 15) is 9.59 Å². The Morgan fingerprint density at radius 2 is 1.53 bits per heavy atom. The van der Waals surface area contributed by atoms with E-state index in [0.29, 0.717) is 17.9 Å². The Balaban J connectivity index is 1.65. The fourth-order valence-corrected chi connectivity index (χ4v) is 4.45. The number of hydrogen-bond acceptors (Lipinski definition) is 4. The zero-order valence-corrected chi connectivity index (χ0v) is 22.1. The lowest BCUT2D eigenvalue weighted by Crippen LogP contribution is -2.52. The van der Waals surface area contributed by atoms with Crippen LogP contribution in [0, 0.1) is 0 Å². The molecule has 0 fully saturated rings. The fraction of sp³-hybridized carbons (Fsp3) is 0.250. The zero-order chi connectivity index (χ0) is 26.9. The Labute approximate surface area is 224 Å². The highest BCUT2D eigenvalue weighted by Gasteiger charge is 2.31. The van der Waals surface area contributed by atoms with Gasteiger partial charge in [0.1, 0.15) is 17.5 Å². The van der Waals surface area contributed by atoms with Crippen LogP contribution in [-0.2, 0) is 22.6 Å². The SMILES string of the molecule is COc1cccc(CN(C(=O)COc2cccc3ccccc23)[C@@H](Cc2ccccc2)C(=O)NC(C)C)c1. The molecule has 1 N–H and O–H groups in total. The third-order valence-electron chi connectivity index (χ3n) is 6.29. The van der Waals surface area contributed by atoms with Crippen LogP contribution in [-0.4, -0.2) is 42.5 Å². The molecular weight excluding hydrogens is 476 g/mol. The lowest BCUT2D eigenvalue weighted by molar-refractivity contribution is -0.143. The summed E-state index contributed by atoms with van der Waals surface area (Å²) in [4.78, 5) is 28.9. The van der Waals surface area contributed by atoms with E-state index in [0.717, 1.165) is 21.9 Å². The second kappa shape index (κ2) is 12.8. The van der Waals surface area contributed by atoms with Gasteiger partial charge in [-0.2, -0.15) is 0 Å². The summed E-state index contributed by atoms with van der Waals surface area (Å²) in [5.74, 6) is 0.836. The smallest absolute Gasteiger partial charge is 0.261 e. The molecule has 6 heteroatoms. The van der Waals surface area contributed by atoms with E-state index in [1.807, 2.05) is 111 Å². The summed E-state index contributed by atoms with van der Waals surface area (Å²) in [5, 5.41) is 4.97. The van der Waals surface area contributed by atoms with E-state index in [4.69, 9.17) is 9.47 Å². The highest BCUT2D eigenvalue weighted by Crippen LogP contribution is 2.25. The van der Waals surface area contributed by atoms with Gasteiger partial charge in [0.25, 0.3) is 5.91 Å². The number of fused-ring (bicyclic) bond motifs is 1. The van der Waals surface area contributed by atoms with E-state index in [1.54, 1.807) is 12.0 Å². The van der Waals surface area contributed by atoms with Crippen molar-refractivity contribution in [1.29, 1.82) is 0 Å². The van der Waals surface area contributed by atoms with Crippen LogP contribution in [0.4, 0.5) is 0 Å². The minimum Gasteiger partial charge on any atom is -0.497 e. The van der Waals surface area contributed by atoms with Crippen molar-refractivity contribution >= 4 is 22.6 Å². The van der Waals surface area contributed by atoms with Gasteiger partial charge in [-0.3, -0.25) is 9.59 Å². The van der Waals surface area contributed by atoms with E-state index in [2.05, 4.69) is 5.32 Å². The van der Waals surface area contributed by atoms with Gasteiger partial charge in [-0.15, -0.1) is 0 Å². The zero-order valence-electron chi connectivity index (χ0n) is 22.1. The van der Waals surface area contributed by atoms with Crippen LogP contribution in [0.25, 0.3) is 10.8 Å². The molecule has 0 saturated carbocycles. The molecule has 0 heterocycles. The molecule has 0 aliphatic rings. The van der Waals surface area contributed by atoms with Crippen molar-refractivity contribution < 1.29 is 19.1 Å². The van der Waals surface area contributed by atoms with Crippen molar-refractivity contribution in [3.05, 3.63) is 108 Å². The Kier molecular flexibility index (Phi) is 8.98. The molecule has 0 aliphatic carbocycles. The monoisotopic (exact) mass is 510 g/mol. The number of amides is 2. The van der Waals surface area contributed by atoms with E-state index < -0.39 is 6.04 Å². The van der Waals surface area contributed by atoms with Crippen molar-refractivity contribution in [2.45, 2.75) is 38.9 Å². The quantitative estimate of drug-likeness (QED) is 0.294. The minimum absolute atomic E-state index is 0.0681. The first-order valence-electron chi connectivity index (χ1n) is 12.8. The fourth-order valence-electron chi connectivity index (χ4n) is 4.45. The molecule has 0 unspecified atom stereocenters. The average molecular weight is 511 g/mol. The molecule has 1 atom stereocenters. The van der Waals surface area contributed by atoms with E-state index in [-0.39, 0.29) is 31.0 Å².